The molecule has 0 spiro atoms. The standard InChI is InChI=1S/C21H25N3O6S/c1-15(25)24-19-5-4-18(31(27,28)23-8-11-29-12-9-23)13-16(19)14-20(24)21(26)22-7-6-17-3-2-10-30-17/h2-5,10,13,20H,6-9,11-12,14H2,1H3,(H,22,26). The number of ether oxygens (including phenoxy) is 1. The SMILES string of the molecule is CC(=O)N1c2ccc(S(=O)(=O)N3CCOCC3)cc2CC1C(=O)NCCc1ccco1. The first-order valence-corrected chi connectivity index (χ1v) is 11.6. The van der Waals surface area contributed by atoms with E-state index >= 15 is 0 Å². The van der Waals surface area contributed by atoms with Crippen molar-refractivity contribution in [2.24, 2.45) is 0 Å². The van der Waals surface area contributed by atoms with Gasteiger partial charge in [-0.05, 0) is 35.9 Å². The number of amides is 2. The van der Waals surface area contributed by atoms with Crippen LogP contribution in [0.2, 0.25) is 0 Å². The summed E-state index contributed by atoms with van der Waals surface area (Å²) in [7, 11) is -3.66. The second-order valence-electron chi connectivity index (χ2n) is 7.54. The molecule has 10 heteroatoms. The van der Waals surface area contributed by atoms with Crippen LogP contribution in [-0.4, -0.2) is 63.4 Å². The van der Waals surface area contributed by atoms with Crippen LogP contribution in [0, 0.1) is 0 Å². The van der Waals surface area contributed by atoms with Gasteiger partial charge < -0.3 is 14.5 Å². The first-order valence-electron chi connectivity index (χ1n) is 10.2. The number of hydrogen-bond acceptors (Lipinski definition) is 6. The van der Waals surface area contributed by atoms with E-state index in [4.69, 9.17) is 9.15 Å². The van der Waals surface area contributed by atoms with Gasteiger partial charge in [0.2, 0.25) is 21.8 Å². The number of fused-ring (bicyclic) bond motifs is 1. The van der Waals surface area contributed by atoms with E-state index in [0.717, 1.165) is 5.76 Å². The van der Waals surface area contributed by atoms with Gasteiger partial charge in [0.1, 0.15) is 11.8 Å². The van der Waals surface area contributed by atoms with Crippen LogP contribution in [-0.2, 0) is 37.2 Å². The predicted molar refractivity (Wildman–Crippen MR) is 112 cm³/mol. The number of carbonyl (C=O) groups is 2. The van der Waals surface area contributed by atoms with E-state index in [-0.39, 0.29) is 23.1 Å². The number of hydrogen-bond donors (Lipinski definition) is 1. The molecule has 166 valence electrons. The van der Waals surface area contributed by atoms with E-state index in [0.29, 0.717) is 50.5 Å². The zero-order valence-electron chi connectivity index (χ0n) is 17.2. The molecule has 1 N–H and O–H groups in total. The van der Waals surface area contributed by atoms with Crippen molar-refractivity contribution < 1.29 is 27.2 Å². The monoisotopic (exact) mass is 447 g/mol. The molecule has 9 nitrogen and oxygen atoms in total. The molecule has 1 atom stereocenters. The van der Waals surface area contributed by atoms with Crippen LogP contribution in [0.15, 0.2) is 45.9 Å². The third kappa shape index (κ3) is 4.36. The summed E-state index contributed by atoms with van der Waals surface area (Å²) < 4.78 is 37.8. The molecule has 0 saturated carbocycles. The number of carbonyl (C=O) groups excluding carboxylic acids is 2. The summed E-state index contributed by atoms with van der Waals surface area (Å²) >= 11 is 0. The molecular formula is C21H25N3O6S. The molecule has 1 saturated heterocycles. The Hall–Kier alpha value is -2.69. The van der Waals surface area contributed by atoms with Crippen LogP contribution < -0.4 is 10.2 Å². The molecule has 4 rings (SSSR count). The van der Waals surface area contributed by atoms with Gasteiger partial charge in [0.15, 0.2) is 0 Å². The molecule has 3 heterocycles. The molecule has 0 bridgehead atoms. The number of benzene rings is 1. The van der Waals surface area contributed by atoms with Gasteiger partial charge >= 0.3 is 0 Å². The summed E-state index contributed by atoms with van der Waals surface area (Å²) in [5.74, 6) is 0.209. The van der Waals surface area contributed by atoms with Crippen molar-refractivity contribution in [1.82, 2.24) is 9.62 Å². The fourth-order valence-electron chi connectivity index (χ4n) is 4.00. The normalized spacial score (nSPS) is 19.3. The number of morpholine rings is 1. The Morgan fingerprint density at radius 2 is 1.97 bits per heavy atom. The number of sulfonamides is 1. The maximum atomic E-state index is 13.0. The fourth-order valence-corrected chi connectivity index (χ4v) is 5.46. The van der Waals surface area contributed by atoms with Gasteiger partial charge in [0, 0.05) is 45.1 Å². The van der Waals surface area contributed by atoms with Crippen molar-refractivity contribution in [3.05, 3.63) is 47.9 Å². The van der Waals surface area contributed by atoms with Crippen molar-refractivity contribution in [3.8, 4) is 0 Å². The lowest BCUT2D eigenvalue weighted by molar-refractivity contribution is -0.125. The highest BCUT2D eigenvalue weighted by molar-refractivity contribution is 7.89. The Bertz CT molecular complexity index is 1060. The van der Waals surface area contributed by atoms with Crippen molar-refractivity contribution in [1.29, 1.82) is 0 Å². The summed E-state index contributed by atoms with van der Waals surface area (Å²) in [6.07, 6.45) is 2.37. The molecule has 1 fully saturated rings. The Morgan fingerprint density at radius 3 is 2.65 bits per heavy atom. The van der Waals surface area contributed by atoms with Gasteiger partial charge in [0.25, 0.3) is 0 Å². The Balaban J connectivity index is 1.51. The van der Waals surface area contributed by atoms with Crippen LogP contribution in [0.3, 0.4) is 0 Å². The average molecular weight is 448 g/mol. The molecule has 2 amide bonds. The Labute approximate surface area is 181 Å². The maximum Gasteiger partial charge on any atom is 0.243 e. The number of anilines is 1. The maximum absolute atomic E-state index is 13.0. The van der Waals surface area contributed by atoms with Gasteiger partial charge in [-0.25, -0.2) is 8.42 Å². The van der Waals surface area contributed by atoms with Crippen LogP contribution in [0.1, 0.15) is 18.2 Å². The molecule has 1 aromatic heterocycles. The molecule has 1 unspecified atom stereocenters. The summed E-state index contributed by atoms with van der Waals surface area (Å²) in [6, 6.07) is 7.58. The fraction of sp³-hybridized carbons (Fsp3) is 0.429. The van der Waals surface area contributed by atoms with Crippen molar-refractivity contribution in [2.45, 2.75) is 30.7 Å². The summed E-state index contributed by atoms with van der Waals surface area (Å²) in [4.78, 5) is 26.7. The molecule has 31 heavy (non-hydrogen) atoms. The zero-order chi connectivity index (χ0) is 22.0. The molecule has 2 aliphatic rings. The predicted octanol–water partition coefficient (Wildman–Crippen LogP) is 0.937. The van der Waals surface area contributed by atoms with E-state index < -0.39 is 16.1 Å². The number of rotatable bonds is 6. The minimum absolute atomic E-state index is 0.163. The zero-order valence-corrected chi connectivity index (χ0v) is 18.1. The third-order valence-corrected chi connectivity index (χ3v) is 7.43. The van der Waals surface area contributed by atoms with E-state index in [1.165, 1.54) is 22.2 Å². The number of furan rings is 1. The lowest BCUT2D eigenvalue weighted by Crippen LogP contribution is -2.47. The van der Waals surface area contributed by atoms with Crippen molar-refractivity contribution >= 4 is 27.5 Å². The number of nitrogens with one attached hydrogen (secondary N) is 1. The third-order valence-electron chi connectivity index (χ3n) is 5.54. The summed E-state index contributed by atoms with van der Waals surface area (Å²) in [6.45, 7) is 3.11. The second-order valence-corrected chi connectivity index (χ2v) is 9.47. The lowest BCUT2D eigenvalue weighted by Gasteiger charge is -2.26. The molecule has 0 radical (unpaired) electrons. The van der Waals surface area contributed by atoms with Gasteiger partial charge in [-0.3, -0.25) is 14.5 Å². The molecule has 1 aromatic carbocycles. The highest BCUT2D eigenvalue weighted by Crippen LogP contribution is 2.35. The van der Waals surface area contributed by atoms with E-state index in [2.05, 4.69) is 5.32 Å². The number of nitrogens with zero attached hydrogens (tertiary/aromatic N) is 2. The highest BCUT2D eigenvalue weighted by atomic mass is 32.2. The largest absolute Gasteiger partial charge is 0.469 e. The summed E-state index contributed by atoms with van der Waals surface area (Å²) in [5, 5.41) is 2.85. The molecule has 0 aliphatic carbocycles. The minimum Gasteiger partial charge on any atom is -0.469 e. The van der Waals surface area contributed by atoms with Gasteiger partial charge in [-0.1, -0.05) is 0 Å². The smallest absolute Gasteiger partial charge is 0.243 e. The minimum atomic E-state index is -3.66. The highest BCUT2D eigenvalue weighted by Gasteiger charge is 2.38. The van der Waals surface area contributed by atoms with Crippen molar-refractivity contribution in [2.75, 3.05) is 37.7 Å². The van der Waals surface area contributed by atoms with E-state index in [1.807, 2.05) is 6.07 Å². The topological polar surface area (TPSA) is 109 Å². The van der Waals surface area contributed by atoms with Crippen LogP contribution in [0.4, 0.5) is 5.69 Å². The Kier molecular flexibility index (Phi) is 6.12. The lowest BCUT2D eigenvalue weighted by atomic mass is 10.1. The average Bonchev–Trinajstić information content (AvgIpc) is 3.41. The van der Waals surface area contributed by atoms with E-state index in [1.54, 1.807) is 24.5 Å². The molecule has 2 aromatic rings. The van der Waals surface area contributed by atoms with Gasteiger partial charge in [0.05, 0.1) is 24.4 Å². The summed E-state index contributed by atoms with van der Waals surface area (Å²) in [5.41, 5.74) is 1.23. The second kappa shape index (κ2) is 8.81. The molecule has 2 aliphatic heterocycles. The van der Waals surface area contributed by atoms with Gasteiger partial charge in [-0.15, -0.1) is 0 Å². The van der Waals surface area contributed by atoms with E-state index in [9.17, 15) is 18.0 Å². The van der Waals surface area contributed by atoms with Crippen LogP contribution in [0.25, 0.3) is 0 Å². The van der Waals surface area contributed by atoms with Crippen LogP contribution >= 0.6 is 0 Å². The first kappa shape index (κ1) is 21.5. The molecular weight excluding hydrogens is 422 g/mol. The van der Waals surface area contributed by atoms with Gasteiger partial charge in [-0.2, -0.15) is 4.31 Å². The quantitative estimate of drug-likeness (QED) is 0.706. The van der Waals surface area contributed by atoms with Crippen molar-refractivity contribution in [3.63, 3.8) is 0 Å². The Morgan fingerprint density at radius 1 is 1.19 bits per heavy atom. The first-order chi connectivity index (χ1) is 14.9. The van der Waals surface area contributed by atoms with Crippen LogP contribution in [0.5, 0.6) is 0 Å².